The van der Waals surface area contributed by atoms with E-state index in [1.165, 1.54) is 6.42 Å². The topological polar surface area (TPSA) is 67.8 Å². The first-order valence-electron chi connectivity index (χ1n) is 9.85. The van der Waals surface area contributed by atoms with Gasteiger partial charge in [-0.2, -0.15) is 0 Å². The molecule has 5 heteroatoms. The summed E-state index contributed by atoms with van der Waals surface area (Å²) in [6.07, 6.45) is 5.51. The van der Waals surface area contributed by atoms with Gasteiger partial charge in [0.05, 0.1) is 13.2 Å². The fourth-order valence-electron chi connectivity index (χ4n) is 3.26. The zero-order valence-corrected chi connectivity index (χ0v) is 16.5. The Labute approximate surface area is 161 Å². The number of benzene rings is 1. The molecule has 2 N–H and O–H groups in total. The Morgan fingerprint density at radius 2 is 1.89 bits per heavy atom. The number of ether oxygens (including phenoxy) is 2. The molecule has 2 aliphatic rings. The smallest absolute Gasteiger partial charge is 0.286 e. The number of aliphatic hydroxyl groups excluding tert-OH is 1. The van der Waals surface area contributed by atoms with Crippen molar-refractivity contribution in [3.8, 4) is 0 Å². The Hall–Kier alpha value is -1.85. The van der Waals surface area contributed by atoms with Crippen LogP contribution in [0, 0.1) is 11.3 Å². The molecule has 1 aromatic carbocycles. The largest absolute Gasteiger partial charge is 0.459 e. The summed E-state index contributed by atoms with van der Waals surface area (Å²) in [4.78, 5) is 12.6. The molecule has 0 bridgehead atoms. The lowest BCUT2D eigenvalue weighted by atomic mass is 9.77. The van der Waals surface area contributed by atoms with Crippen LogP contribution in [0.5, 0.6) is 0 Å². The molecule has 1 aliphatic heterocycles. The van der Waals surface area contributed by atoms with Gasteiger partial charge in [0.2, 0.25) is 6.29 Å². The van der Waals surface area contributed by atoms with E-state index in [-0.39, 0.29) is 29.9 Å². The van der Waals surface area contributed by atoms with Crippen LogP contribution < -0.4 is 5.32 Å². The summed E-state index contributed by atoms with van der Waals surface area (Å²) < 4.78 is 11.9. The molecule has 2 atom stereocenters. The van der Waals surface area contributed by atoms with Gasteiger partial charge in [-0.25, -0.2) is 0 Å². The molecule has 3 rings (SSSR count). The minimum Gasteiger partial charge on any atom is -0.459 e. The van der Waals surface area contributed by atoms with E-state index in [0.29, 0.717) is 12.4 Å². The van der Waals surface area contributed by atoms with E-state index in [9.17, 15) is 4.79 Å². The summed E-state index contributed by atoms with van der Waals surface area (Å²) in [6, 6.07) is 7.93. The maximum atomic E-state index is 12.6. The summed E-state index contributed by atoms with van der Waals surface area (Å²) in [5.41, 5.74) is 1.91. The van der Waals surface area contributed by atoms with Gasteiger partial charge in [0, 0.05) is 12.5 Å². The van der Waals surface area contributed by atoms with Gasteiger partial charge in [0.25, 0.3) is 5.91 Å². The van der Waals surface area contributed by atoms with Crippen molar-refractivity contribution in [3.63, 3.8) is 0 Å². The van der Waals surface area contributed by atoms with E-state index in [0.717, 1.165) is 30.4 Å². The van der Waals surface area contributed by atoms with Crippen molar-refractivity contribution in [3.05, 3.63) is 47.2 Å². The Balaban J connectivity index is 1.64. The summed E-state index contributed by atoms with van der Waals surface area (Å²) in [6.45, 7) is 6.96. The summed E-state index contributed by atoms with van der Waals surface area (Å²) in [5, 5.41) is 12.2. The first kappa shape index (κ1) is 19.9. The van der Waals surface area contributed by atoms with Crippen LogP contribution in [0.1, 0.15) is 57.6 Å². The highest BCUT2D eigenvalue weighted by molar-refractivity contribution is 5.91. The number of carbonyl (C=O) groups is 1. The third kappa shape index (κ3) is 5.33. The molecule has 1 fully saturated rings. The molecule has 0 spiro atoms. The Bertz CT molecular complexity index is 671. The van der Waals surface area contributed by atoms with Gasteiger partial charge in [-0.05, 0) is 47.8 Å². The molecule has 148 valence electrons. The monoisotopic (exact) mass is 373 g/mol. The van der Waals surface area contributed by atoms with E-state index in [1.807, 2.05) is 30.3 Å². The van der Waals surface area contributed by atoms with E-state index < -0.39 is 6.29 Å². The SMILES string of the molecule is CC(C)(C)[C@H]1C=C(C(=O)NC2CCC2)O[C@@H](OCc2ccc(CO)cc2)C1. The average molecular weight is 373 g/mol. The van der Waals surface area contributed by atoms with E-state index in [1.54, 1.807) is 0 Å². The van der Waals surface area contributed by atoms with Crippen molar-refractivity contribution in [1.82, 2.24) is 5.32 Å². The van der Waals surface area contributed by atoms with Crippen LogP contribution in [0.3, 0.4) is 0 Å². The minimum atomic E-state index is -0.445. The number of rotatable bonds is 6. The summed E-state index contributed by atoms with van der Waals surface area (Å²) in [5.74, 6) is 0.457. The molecule has 1 heterocycles. The maximum absolute atomic E-state index is 12.6. The molecule has 0 saturated heterocycles. The van der Waals surface area contributed by atoms with Crippen molar-refractivity contribution in [2.45, 2.75) is 72.0 Å². The molecule has 0 aromatic heterocycles. The molecule has 27 heavy (non-hydrogen) atoms. The van der Waals surface area contributed by atoms with Crippen molar-refractivity contribution in [1.29, 1.82) is 0 Å². The van der Waals surface area contributed by atoms with Crippen LogP contribution in [0.15, 0.2) is 36.1 Å². The molecule has 1 aliphatic carbocycles. The third-order valence-corrected chi connectivity index (χ3v) is 5.48. The van der Waals surface area contributed by atoms with Gasteiger partial charge in [-0.1, -0.05) is 45.0 Å². The molecular formula is C22H31NO4. The van der Waals surface area contributed by atoms with Crippen LogP contribution in [-0.2, 0) is 27.5 Å². The number of carbonyl (C=O) groups excluding carboxylic acids is 1. The minimum absolute atomic E-state index is 0.0240. The second-order valence-corrected chi connectivity index (χ2v) is 8.67. The molecule has 1 aromatic rings. The molecule has 0 radical (unpaired) electrons. The molecular weight excluding hydrogens is 342 g/mol. The van der Waals surface area contributed by atoms with Crippen molar-refractivity contribution >= 4 is 5.91 Å². The lowest BCUT2D eigenvalue weighted by molar-refractivity contribution is -0.157. The fraction of sp³-hybridized carbons (Fsp3) is 0.591. The highest BCUT2D eigenvalue weighted by Crippen LogP contribution is 2.36. The normalized spacial score (nSPS) is 23.2. The van der Waals surface area contributed by atoms with Crippen LogP contribution in [-0.4, -0.2) is 23.3 Å². The quantitative estimate of drug-likeness (QED) is 0.799. The predicted octanol–water partition coefficient (Wildman–Crippen LogP) is 3.66. The number of hydrogen-bond donors (Lipinski definition) is 2. The second kappa shape index (κ2) is 8.44. The summed E-state index contributed by atoms with van der Waals surface area (Å²) in [7, 11) is 0. The number of aliphatic hydroxyl groups is 1. The zero-order valence-electron chi connectivity index (χ0n) is 16.5. The van der Waals surface area contributed by atoms with Crippen LogP contribution >= 0.6 is 0 Å². The Morgan fingerprint density at radius 3 is 2.44 bits per heavy atom. The third-order valence-electron chi connectivity index (χ3n) is 5.48. The first-order valence-corrected chi connectivity index (χ1v) is 9.85. The number of hydrogen-bond acceptors (Lipinski definition) is 4. The predicted molar refractivity (Wildman–Crippen MR) is 103 cm³/mol. The Morgan fingerprint density at radius 1 is 1.22 bits per heavy atom. The van der Waals surface area contributed by atoms with Gasteiger partial charge >= 0.3 is 0 Å². The van der Waals surface area contributed by atoms with Crippen molar-refractivity contribution in [2.75, 3.05) is 0 Å². The first-order chi connectivity index (χ1) is 12.8. The van der Waals surface area contributed by atoms with Crippen LogP contribution in [0.4, 0.5) is 0 Å². The van der Waals surface area contributed by atoms with Gasteiger partial charge in [-0.15, -0.1) is 0 Å². The average Bonchev–Trinajstić information content (AvgIpc) is 2.62. The second-order valence-electron chi connectivity index (χ2n) is 8.67. The van der Waals surface area contributed by atoms with E-state index in [2.05, 4.69) is 26.1 Å². The van der Waals surface area contributed by atoms with E-state index in [4.69, 9.17) is 14.6 Å². The Kier molecular flexibility index (Phi) is 6.22. The molecule has 5 nitrogen and oxygen atoms in total. The number of nitrogens with one attached hydrogen (secondary N) is 1. The van der Waals surface area contributed by atoms with E-state index >= 15 is 0 Å². The maximum Gasteiger partial charge on any atom is 0.286 e. The van der Waals surface area contributed by atoms with Crippen molar-refractivity contribution < 1.29 is 19.4 Å². The highest BCUT2D eigenvalue weighted by Gasteiger charge is 2.34. The fourth-order valence-corrected chi connectivity index (χ4v) is 3.26. The van der Waals surface area contributed by atoms with Gasteiger partial charge in [-0.3, -0.25) is 4.79 Å². The van der Waals surface area contributed by atoms with Crippen LogP contribution in [0.2, 0.25) is 0 Å². The van der Waals surface area contributed by atoms with Gasteiger partial charge in [0.15, 0.2) is 5.76 Å². The standard InChI is InChI=1S/C22H31NO4/c1-22(2,3)17-11-19(21(25)23-18-5-4-6-18)27-20(12-17)26-14-16-9-7-15(13-24)8-10-16/h7-11,17-18,20,24H,4-6,12-14H2,1-3H3,(H,23,25)/t17-,20+/m0/s1. The number of amides is 1. The molecule has 1 amide bonds. The molecule has 0 unspecified atom stereocenters. The van der Waals surface area contributed by atoms with Gasteiger partial charge in [0.1, 0.15) is 0 Å². The zero-order chi connectivity index (χ0) is 19.4. The van der Waals surface area contributed by atoms with Gasteiger partial charge < -0.3 is 19.9 Å². The molecule has 1 saturated carbocycles. The lowest BCUT2D eigenvalue weighted by Crippen LogP contribution is -2.43. The van der Waals surface area contributed by atoms with Crippen molar-refractivity contribution in [2.24, 2.45) is 11.3 Å². The lowest BCUT2D eigenvalue weighted by Gasteiger charge is -2.36. The number of allylic oxidation sites excluding steroid dienone is 1. The van der Waals surface area contributed by atoms with Crippen LogP contribution in [0.25, 0.3) is 0 Å². The highest BCUT2D eigenvalue weighted by atomic mass is 16.7. The summed E-state index contributed by atoms with van der Waals surface area (Å²) >= 11 is 0.